The molecule has 29 heavy (non-hydrogen) atoms. The number of rotatable bonds is 6. The number of phenolic OH excluding ortho intramolecular Hbond substituents is 2. The molecule has 0 aliphatic heterocycles. The molecule has 0 aliphatic carbocycles. The maximum Gasteiger partial charge on any atom is 0.271 e. The topological polar surface area (TPSA) is 91.2 Å². The van der Waals surface area contributed by atoms with E-state index in [9.17, 15) is 15.0 Å². The Morgan fingerprint density at radius 1 is 0.966 bits per heavy atom. The van der Waals surface area contributed by atoms with Gasteiger partial charge in [-0.2, -0.15) is 5.10 Å². The average molecular weight is 520 g/mol. The van der Waals surface area contributed by atoms with E-state index in [1.54, 1.807) is 6.07 Å². The van der Waals surface area contributed by atoms with Crippen LogP contribution in [0.3, 0.4) is 0 Å². The highest BCUT2D eigenvalue weighted by atomic mass is 79.9. The molecule has 0 spiro atoms. The van der Waals surface area contributed by atoms with E-state index in [4.69, 9.17) is 4.74 Å². The second-order valence-corrected chi connectivity index (χ2v) is 7.87. The number of halogens is 2. The van der Waals surface area contributed by atoms with Crippen molar-refractivity contribution in [2.75, 3.05) is 0 Å². The number of hydrogen-bond acceptors (Lipinski definition) is 5. The van der Waals surface area contributed by atoms with Gasteiger partial charge in [0.1, 0.15) is 23.9 Å². The van der Waals surface area contributed by atoms with Crippen molar-refractivity contribution >= 4 is 44.0 Å². The molecule has 0 saturated heterocycles. The van der Waals surface area contributed by atoms with Gasteiger partial charge in [0, 0.05) is 26.1 Å². The standard InChI is InChI=1S/C21H16Br2N2O4/c22-16-3-1-13(2-4-16)12-29-20-6-5-17(23)7-15(20)11-24-25-21(28)14-8-18(26)10-19(27)9-14/h1-11,26-27H,12H2,(H,25,28)/b24-11-. The molecule has 3 aromatic rings. The third-order valence-corrected chi connectivity index (χ3v) is 4.84. The van der Waals surface area contributed by atoms with E-state index in [0.29, 0.717) is 17.9 Å². The van der Waals surface area contributed by atoms with E-state index in [-0.39, 0.29) is 17.1 Å². The fourth-order valence-corrected chi connectivity index (χ4v) is 3.09. The quantitative estimate of drug-likeness (QED) is 0.317. The molecule has 3 N–H and O–H groups in total. The zero-order chi connectivity index (χ0) is 20.8. The minimum Gasteiger partial charge on any atom is -0.508 e. The lowest BCUT2D eigenvalue weighted by Crippen LogP contribution is -2.17. The molecule has 0 fully saturated rings. The van der Waals surface area contributed by atoms with Crippen molar-refractivity contribution < 1.29 is 19.7 Å². The molecule has 0 aliphatic rings. The zero-order valence-corrected chi connectivity index (χ0v) is 18.1. The van der Waals surface area contributed by atoms with Crippen LogP contribution >= 0.6 is 31.9 Å². The SMILES string of the molecule is O=C(N/N=C\c1cc(Br)ccc1OCc1ccc(Br)cc1)c1cc(O)cc(O)c1. The predicted molar refractivity (Wildman–Crippen MR) is 117 cm³/mol. The van der Waals surface area contributed by atoms with Gasteiger partial charge in [0.15, 0.2) is 0 Å². The molecular formula is C21H16Br2N2O4. The van der Waals surface area contributed by atoms with E-state index in [2.05, 4.69) is 42.4 Å². The van der Waals surface area contributed by atoms with E-state index < -0.39 is 5.91 Å². The van der Waals surface area contributed by atoms with E-state index in [1.165, 1.54) is 18.3 Å². The first kappa shape index (κ1) is 20.9. The Balaban J connectivity index is 1.70. The van der Waals surface area contributed by atoms with Crippen LogP contribution in [-0.4, -0.2) is 22.3 Å². The van der Waals surface area contributed by atoms with Gasteiger partial charge in [-0.1, -0.05) is 44.0 Å². The van der Waals surface area contributed by atoms with Crippen molar-refractivity contribution in [3.05, 3.63) is 86.3 Å². The van der Waals surface area contributed by atoms with Gasteiger partial charge in [0.2, 0.25) is 0 Å². The van der Waals surface area contributed by atoms with Crippen LogP contribution in [0.15, 0.2) is 74.7 Å². The lowest BCUT2D eigenvalue weighted by Gasteiger charge is -2.10. The molecule has 0 atom stereocenters. The molecule has 0 bridgehead atoms. The van der Waals surface area contributed by atoms with Gasteiger partial charge >= 0.3 is 0 Å². The third-order valence-electron chi connectivity index (χ3n) is 3.81. The molecular weight excluding hydrogens is 504 g/mol. The zero-order valence-electron chi connectivity index (χ0n) is 15.0. The molecule has 0 heterocycles. The van der Waals surface area contributed by atoms with Gasteiger partial charge in [0.05, 0.1) is 6.21 Å². The van der Waals surface area contributed by atoms with E-state index >= 15 is 0 Å². The van der Waals surface area contributed by atoms with Crippen molar-refractivity contribution in [2.45, 2.75) is 6.61 Å². The number of hydrazone groups is 1. The van der Waals surface area contributed by atoms with Gasteiger partial charge in [-0.3, -0.25) is 4.79 Å². The van der Waals surface area contributed by atoms with Crippen molar-refractivity contribution in [1.29, 1.82) is 0 Å². The molecule has 148 valence electrons. The second kappa shape index (κ2) is 9.58. The number of carbonyl (C=O) groups is 1. The minimum absolute atomic E-state index is 0.0839. The number of nitrogens with one attached hydrogen (secondary N) is 1. The summed E-state index contributed by atoms with van der Waals surface area (Å²) in [7, 11) is 0. The Kier molecular flexibility index (Phi) is 6.90. The largest absolute Gasteiger partial charge is 0.508 e. The van der Waals surface area contributed by atoms with Crippen LogP contribution in [0.1, 0.15) is 21.5 Å². The summed E-state index contributed by atoms with van der Waals surface area (Å²) in [4.78, 5) is 12.1. The number of amides is 1. The van der Waals surface area contributed by atoms with Crippen LogP contribution in [0.4, 0.5) is 0 Å². The molecule has 6 nitrogen and oxygen atoms in total. The van der Waals surface area contributed by atoms with Gasteiger partial charge in [-0.25, -0.2) is 5.43 Å². The predicted octanol–water partition coefficient (Wildman–Crippen LogP) is 4.97. The van der Waals surface area contributed by atoms with Crippen LogP contribution in [0.2, 0.25) is 0 Å². The van der Waals surface area contributed by atoms with E-state index in [1.807, 2.05) is 36.4 Å². The monoisotopic (exact) mass is 518 g/mol. The number of phenols is 2. The van der Waals surface area contributed by atoms with Crippen LogP contribution in [0, 0.1) is 0 Å². The van der Waals surface area contributed by atoms with Gasteiger partial charge in [0.25, 0.3) is 5.91 Å². The summed E-state index contributed by atoms with van der Waals surface area (Å²) in [6.07, 6.45) is 1.46. The van der Waals surface area contributed by atoms with Crippen LogP contribution < -0.4 is 10.2 Å². The summed E-state index contributed by atoms with van der Waals surface area (Å²) in [6, 6.07) is 16.9. The lowest BCUT2D eigenvalue weighted by molar-refractivity contribution is 0.0954. The summed E-state index contributed by atoms with van der Waals surface area (Å²) in [5.41, 5.74) is 4.12. The number of carbonyl (C=O) groups excluding carboxylic acids is 1. The first-order chi connectivity index (χ1) is 13.9. The van der Waals surface area contributed by atoms with Crippen LogP contribution in [0.5, 0.6) is 17.2 Å². The highest BCUT2D eigenvalue weighted by molar-refractivity contribution is 9.10. The molecule has 8 heteroatoms. The molecule has 0 aromatic heterocycles. The average Bonchev–Trinajstić information content (AvgIpc) is 2.68. The van der Waals surface area contributed by atoms with Crippen LogP contribution in [0.25, 0.3) is 0 Å². The highest BCUT2D eigenvalue weighted by Crippen LogP contribution is 2.23. The molecule has 0 saturated carbocycles. The number of benzene rings is 3. The molecule has 3 rings (SSSR count). The van der Waals surface area contributed by atoms with Gasteiger partial charge in [-0.05, 0) is 48.0 Å². The Hall–Kier alpha value is -2.84. The maximum atomic E-state index is 12.1. The van der Waals surface area contributed by atoms with Crippen molar-refractivity contribution in [3.63, 3.8) is 0 Å². The number of nitrogens with zero attached hydrogens (tertiary/aromatic N) is 1. The molecule has 0 radical (unpaired) electrons. The summed E-state index contributed by atoms with van der Waals surface area (Å²) >= 11 is 6.81. The van der Waals surface area contributed by atoms with E-state index in [0.717, 1.165) is 20.6 Å². The minimum atomic E-state index is -0.570. The summed E-state index contributed by atoms with van der Waals surface area (Å²) in [5, 5.41) is 22.9. The summed E-state index contributed by atoms with van der Waals surface area (Å²) in [5.74, 6) is -0.395. The molecule has 0 unspecified atom stereocenters. The second-order valence-electron chi connectivity index (χ2n) is 6.03. The Morgan fingerprint density at radius 2 is 1.62 bits per heavy atom. The van der Waals surface area contributed by atoms with Gasteiger partial charge in [-0.15, -0.1) is 0 Å². The number of hydrogen-bond donors (Lipinski definition) is 3. The summed E-state index contributed by atoms with van der Waals surface area (Å²) < 4.78 is 7.71. The maximum absolute atomic E-state index is 12.1. The number of aromatic hydroxyl groups is 2. The third kappa shape index (κ3) is 6.07. The smallest absolute Gasteiger partial charge is 0.271 e. The molecule has 1 amide bonds. The van der Waals surface area contributed by atoms with Crippen LogP contribution in [-0.2, 0) is 6.61 Å². The number of ether oxygens (including phenoxy) is 1. The normalized spacial score (nSPS) is 10.8. The fourth-order valence-electron chi connectivity index (χ4n) is 2.44. The van der Waals surface area contributed by atoms with Crippen molar-refractivity contribution in [2.24, 2.45) is 5.10 Å². The Morgan fingerprint density at radius 3 is 2.31 bits per heavy atom. The summed E-state index contributed by atoms with van der Waals surface area (Å²) in [6.45, 7) is 0.380. The van der Waals surface area contributed by atoms with Crippen molar-refractivity contribution in [1.82, 2.24) is 5.43 Å². The Labute approximate surface area is 184 Å². The van der Waals surface area contributed by atoms with Crippen molar-refractivity contribution in [3.8, 4) is 17.2 Å². The first-order valence-electron chi connectivity index (χ1n) is 8.44. The fraction of sp³-hybridized carbons (Fsp3) is 0.0476. The highest BCUT2D eigenvalue weighted by Gasteiger charge is 2.08. The Bertz CT molecular complexity index is 1030. The first-order valence-corrected chi connectivity index (χ1v) is 10.0. The van der Waals surface area contributed by atoms with Gasteiger partial charge < -0.3 is 14.9 Å². The molecule has 3 aromatic carbocycles. The lowest BCUT2D eigenvalue weighted by atomic mass is 10.2.